The molecule has 270 valence electrons. The predicted molar refractivity (Wildman–Crippen MR) is 187 cm³/mol. The quantitative estimate of drug-likeness (QED) is 0.118. The third-order valence-corrected chi connectivity index (χ3v) is 8.01. The molecule has 0 saturated carbocycles. The van der Waals surface area contributed by atoms with Crippen molar-refractivity contribution >= 4 is 40.8 Å². The molecule has 1 aliphatic heterocycles. The smallest absolute Gasteiger partial charge is 0.412 e. The van der Waals surface area contributed by atoms with E-state index in [9.17, 15) is 19.7 Å². The maximum Gasteiger partial charge on any atom is 0.412 e. The molecule has 0 bridgehead atoms. The Morgan fingerprint density at radius 1 is 0.900 bits per heavy atom. The van der Waals surface area contributed by atoms with Crippen molar-refractivity contribution in [3.05, 3.63) is 98.6 Å². The van der Waals surface area contributed by atoms with Gasteiger partial charge in [0.05, 0.1) is 23.8 Å². The second-order valence-corrected chi connectivity index (χ2v) is 12.7. The summed E-state index contributed by atoms with van der Waals surface area (Å²) in [7, 11) is 0. The lowest BCUT2D eigenvalue weighted by molar-refractivity contribution is -0.385. The van der Waals surface area contributed by atoms with Crippen LogP contribution in [0.15, 0.2) is 66.7 Å². The first-order valence-corrected chi connectivity index (χ1v) is 16.8. The minimum atomic E-state index is -1.14. The molecule has 0 aliphatic carbocycles. The number of amides is 2. The highest BCUT2D eigenvalue weighted by atomic mass is 35.5. The number of nitrogens with one attached hydrogen (secondary N) is 2. The van der Waals surface area contributed by atoms with Crippen molar-refractivity contribution < 1.29 is 42.9 Å². The van der Waals surface area contributed by atoms with Crippen molar-refractivity contribution in [3.8, 4) is 0 Å². The van der Waals surface area contributed by atoms with Gasteiger partial charge in [0.1, 0.15) is 24.9 Å². The Balaban J connectivity index is 1.61. The third kappa shape index (κ3) is 11.1. The molecule has 0 unspecified atom stereocenters. The van der Waals surface area contributed by atoms with Gasteiger partial charge in [0.25, 0.3) is 5.69 Å². The number of halogens is 1. The molecule has 3 aromatic rings. The number of hydrogen-bond donors (Lipinski definition) is 2. The van der Waals surface area contributed by atoms with Crippen LogP contribution in [0.25, 0.3) is 0 Å². The Kier molecular flexibility index (Phi) is 14.4. The van der Waals surface area contributed by atoms with E-state index in [1.54, 1.807) is 31.2 Å². The summed E-state index contributed by atoms with van der Waals surface area (Å²) in [4.78, 5) is 37.1. The van der Waals surface area contributed by atoms with Crippen molar-refractivity contribution in [1.82, 2.24) is 0 Å². The number of benzene rings is 3. The highest BCUT2D eigenvalue weighted by Gasteiger charge is 2.51. The zero-order valence-corrected chi connectivity index (χ0v) is 29.5. The molecule has 14 heteroatoms. The number of nitrogens with zero attached hydrogens (tertiary/aromatic N) is 1. The van der Waals surface area contributed by atoms with Gasteiger partial charge < -0.3 is 28.4 Å². The molecule has 1 aliphatic rings. The first kappa shape index (κ1) is 38.5. The van der Waals surface area contributed by atoms with E-state index >= 15 is 0 Å². The monoisotopic (exact) mass is 713 g/mol. The van der Waals surface area contributed by atoms with Crippen molar-refractivity contribution in [2.24, 2.45) is 5.92 Å². The van der Waals surface area contributed by atoms with E-state index in [2.05, 4.69) is 10.6 Å². The Labute approximate surface area is 296 Å². The summed E-state index contributed by atoms with van der Waals surface area (Å²) in [6, 6.07) is 18.6. The van der Waals surface area contributed by atoms with Gasteiger partial charge in [-0.2, -0.15) is 0 Å². The van der Waals surface area contributed by atoms with Gasteiger partial charge in [0.15, 0.2) is 12.4 Å². The molecule has 50 heavy (non-hydrogen) atoms. The van der Waals surface area contributed by atoms with Gasteiger partial charge in [-0.05, 0) is 67.6 Å². The first-order valence-electron chi connectivity index (χ1n) is 16.4. The molecule has 5 atom stereocenters. The topological polar surface area (TPSA) is 157 Å². The lowest BCUT2D eigenvalue weighted by Gasteiger charge is -2.45. The standard InChI is InChI=1S/C36H44ClN3O10/c1-6-17-45-32-31(50-36(42)38-27-15-12-26(37)13-16-27)30(21-48-35(41)39-28-14-11-24(5)29(18-28)40(43)44)49-34(47-19-22(2)3)33(32)46-20-25-10-8-7-9-23(25)4/h7-16,18,22,30-34H,6,17,19-21H2,1-5H3,(H,38,42)(H,39,41)/t30-,31-,32+,33-,34-/m1/s1. The van der Waals surface area contributed by atoms with Crippen LogP contribution < -0.4 is 10.6 Å². The van der Waals surface area contributed by atoms with Crippen LogP contribution in [0, 0.1) is 29.9 Å². The lowest BCUT2D eigenvalue weighted by Crippen LogP contribution is -2.62. The van der Waals surface area contributed by atoms with Crippen LogP contribution in [0.4, 0.5) is 26.7 Å². The molecule has 3 aromatic carbocycles. The molecule has 0 spiro atoms. The number of rotatable bonds is 15. The highest BCUT2D eigenvalue weighted by Crippen LogP contribution is 2.31. The summed E-state index contributed by atoms with van der Waals surface area (Å²) in [6.07, 6.45) is -6.02. The van der Waals surface area contributed by atoms with E-state index in [0.29, 0.717) is 35.9 Å². The summed E-state index contributed by atoms with van der Waals surface area (Å²) >= 11 is 6.01. The summed E-state index contributed by atoms with van der Waals surface area (Å²) in [5, 5.41) is 17.1. The van der Waals surface area contributed by atoms with Crippen LogP contribution in [0.3, 0.4) is 0 Å². The van der Waals surface area contributed by atoms with E-state index in [1.807, 2.05) is 52.0 Å². The molecule has 1 saturated heterocycles. The first-order chi connectivity index (χ1) is 23.9. The fourth-order valence-corrected chi connectivity index (χ4v) is 5.28. The normalized spacial score (nSPS) is 20.3. The zero-order chi connectivity index (χ0) is 36.2. The molecule has 2 amide bonds. The number of nitro benzene ring substituents is 1. The van der Waals surface area contributed by atoms with Gasteiger partial charge in [-0.3, -0.25) is 20.7 Å². The number of carbonyl (C=O) groups is 2. The number of carbonyl (C=O) groups excluding carboxylic acids is 2. The number of anilines is 2. The number of hydrogen-bond acceptors (Lipinski definition) is 10. The lowest BCUT2D eigenvalue weighted by atomic mass is 9.98. The Morgan fingerprint density at radius 2 is 1.60 bits per heavy atom. The van der Waals surface area contributed by atoms with Crippen molar-refractivity contribution in [2.75, 3.05) is 30.5 Å². The van der Waals surface area contributed by atoms with Crippen LogP contribution >= 0.6 is 11.6 Å². The predicted octanol–water partition coefficient (Wildman–Crippen LogP) is 7.81. The summed E-state index contributed by atoms with van der Waals surface area (Å²) in [5.41, 5.74) is 2.86. The zero-order valence-electron chi connectivity index (χ0n) is 28.8. The molecule has 1 fully saturated rings. The molecule has 0 radical (unpaired) electrons. The molecular formula is C36H44ClN3O10. The number of nitro groups is 1. The highest BCUT2D eigenvalue weighted by molar-refractivity contribution is 6.30. The van der Waals surface area contributed by atoms with E-state index in [4.69, 9.17) is 40.0 Å². The molecular weight excluding hydrogens is 670 g/mol. The van der Waals surface area contributed by atoms with Gasteiger partial charge in [-0.25, -0.2) is 9.59 Å². The van der Waals surface area contributed by atoms with Gasteiger partial charge in [-0.15, -0.1) is 0 Å². The van der Waals surface area contributed by atoms with Crippen LogP contribution in [0.1, 0.15) is 43.9 Å². The third-order valence-electron chi connectivity index (χ3n) is 7.76. The van der Waals surface area contributed by atoms with Crippen molar-refractivity contribution in [1.29, 1.82) is 0 Å². The SMILES string of the molecule is CCCO[C@@H]1[C@@H](OCc2ccccc2C)[C@H](OCC(C)C)O[C@H](COC(=O)Nc2ccc(C)c([N+](=O)[O-])c2)[C@H]1OC(=O)Nc1ccc(Cl)cc1. The van der Waals surface area contributed by atoms with Crippen LogP contribution in [-0.2, 0) is 35.0 Å². The fraction of sp³-hybridized carbons (Fsp3) is 0.444. The minimum absolute atomic E-state index is 0.142. The Morgan fingerprint density at radius 3 is 2.28 bits per heavy atom. The minimum Gasteiger partial charge on any atom is -0.446 e. The van der Waals surface area contributed by atoms with Gasteiger partial charge >= 0.3 is 12.2 Å². The average molecular weight is 714 g/mol. The van der Waals surface area contributed by atoms with Crippen LogP contribution in [0.2, 0.25) is 5.02 Å². The largest absolute Gasteiger partial charge is 0.446 e. The van der Waals surface area contributed by atoms with Crippen LogP contribution in [-0.4, -0.2) is 67.6 Å². The molecule has 13 nitrogen and oxygen atoms in total. The van der Waals surface area contributed by atoms with E-state index < -0.39 is 54.4 Å². The molecule has 1 heterocycles. The Bertz CT molecular complexity index is 1590. The van der Waals surface area contributed by atoms with E-state index in [1.165, 1.54) is 18.2 Å². The second-order valence-electron chi connectivity index (χ2n) is 12.3. The van der Waals surface area contributed by atoms with E-state index in [-0.39, 0.29) is 23.9 Å². The second kappa shape index (κ2) is 18.6. The molecule has 4 rings (SSSR count). The fourth-order valence-electron chi connectivity index (χ4n) is 5.15. The van der Waals surface area contributed by atoms with Crippen molar-refractivity contribution in [3.63, 3.8) is 0 Å². The number of ether oxygens (including phenoxy) is 6. The average Bonchev–Trinajstić information content (AvgIpc) is 3.07. The molecule has 2 N–H and O–H groups in total. The summed E-state index contributed by atoms with van der Waals surface area (Å²) < 4.78 is 36.9. The Hall–Kier alpha value is -4.27. The summed E-state index contributed by atoms with van der Waals surface area (Å²) in [6.45, 7) is 9.92. The maximum atomic E-state index is 13.3. The van der Waals surface area contributed by atoms with Gasteiger partial charge in [0.2, 0.25) is 0 Å². The maximum absolute atomic E-state index is 13.3. The van der Waals surface area contributed by atoms with Gasteiger partial charge in [-0.1, -0.05) is 62.7 Å². The van der Waals surface area contributed by atoms with Crippen molar-refractivity contribution in [2.45, 2.75) is 78.4 Å². The van der Waals surface area contributed by atoms with Gasteiger partial charge in [0, 0.05) is 28.9 Å². The number of aryl methyl sites for hydroxylation is 2. The van der Waals surface area contributed by atoms with Crippen LogP contribution in [0.5, 0.6) is 0 Å². The molecule has 0 aromatic heterocycles. The van der Waals surface area contributed by atoms with E-state index in [0.717, 1.165) is 11.1 Å². The summed E-state index contributed by atoms with van der Waals surface area (Å²) in [5.74, 6) is 0.142.